The number of imidazole rings is 1. The van der Waals surface area contributed by atoms with E-state index in [1.807, 2.05) is 41.0 Å². The summed E-state index contributed by atoms with van der Waals surface area (Å²) in [7, 11) is 2.16. The largest absolute Gasteiger partial charge is 0.456 e. The first-order valence-electron chi connectivity index (χ1n) is 15.8. The Morgan fingerprint density at radius 2 is 1.57 bits per heavy atom. The van der Waals surface area contributed by atoms with Crippen molar-refractivity contribution in [1.82, 2.24) is 40.0 Å². The van der Waals surface area contributed by atoms with Gasteiger partial charge in [-0.15, -0.1) is 10.2 Å². The summed E-state index contributed by atoms with van der Waals surface area (Å²) in [4.78, 5) is 22.9. The Balaban J connectivity index is 1.15. The first kappa shape index (κ1) is 31.6. The van der Waals surface area contributed by atoms with Gasteiger partial charge in [0.2, 0.25) is 5.82 Å². The molecule has 238 valence electrons. The molecule has 0 atom stereocenters. The van der Waals surface area contributed by atoms with Crippen molar-refractivity contribution in [1.29, 1.82) is 0 Å². The van der Waals surface area contributed by atoms with E-state index in [-0.39, 0.29) is 17.5 Å². The molecule has 2 aromatic heterocycles. The Hall–Kier alpha value is -4.38. The normalized spacial score (nSPS) is 14.1. The number of likely N-dealkylation sites (N-methyl/N-ethyl adjacent to an activating group) is 1. The number of unbranched alkanes of at least 4 members (excludes halogenated alkanes) is 1. The molecule has 0 aliphatic carbocycles. The Morgan fingerprint density at radius 3 is 2.26 bits per heavy atom. The summed E-state index contributed by atoms with van der Waals surface area (Å²) in [6.07, 6.45) is 2.66. The lowest BCUT2D eigenvalue weighted by molar-refractivity contribution is 0.0460. The molecule has 0 unspecified atom stereocenters. The topological polar surface area (TPSA) is 105 Å². The fraction of sp³-hybridized carbons (Fsp3) is 0.343. The van der Waals surface area contributed by atoms with Crippen molar-refractivity contribution < 1.29 is 9.53 Å². The Bertz CT molecular complexity index is 1730. The lowest BCUT2D eigenvalue weighted by Crippen LogP contribution is -2.43. The van der Waals surface area contributed by atoms with Gasteiger partial charge in [-0.05, 0) is 46.5 Å². The monoisotopic (exact) mass is 638 g/mol. The van der Waals surface area contributed by atoms with Crippen molar-refractivity contribution in [3.05, 3.63) is 106 Å². The lowest BCUT2D eigenvalue weighted by Gasteiger charge is -2.32. The Morgan fingerprint density at radius 1 is 0.891 bits per heavy atom. The van der Waals surface area contributed by atoms with Crippen LogP contribution in [0.2, 0.25) is 5.15 Å². The van der Waals surface area contributed by atoms with Crippen LogP contribution in [0.3, 0.4) is 0 Å². The van der Waals surface area contributed by atoms with Gasteiger partial charge in [-0.25, -0.2) is 9.78 Å². The van der Waals surface area contributed by atoms with Gasteiger partial charge in [0.15, 0.2) is 10.8 Å². The van der Waals surface area contributed by atoms with E-state index in [9.17, 15) is 4.79 Å². The summed E-state index contributed by atoms with van der Waals surface area (Å²) in [6, 6.07) is 24.5. The standard InChI is InChI=1S/C35H39ClN8O2/c1-3-4-9-31-37-33(36)32(35(45)46-24-27-12-10-25(11-13-27)22-43-20-18-42(2)19-21-43)44(31)23-26-14-16-28(17-15-26)29-7-5-6-8-30(29)34-38-40-41-39-34/h5-8,10-17H,3-4,9,18-24H2,1-2H3,(H,38,39,40,41). The smallest absolute Gasteiger partial charge is 0.358 e. The molecule has 0 spiro atoms. The number of nitrogens with one attached hydrogen (secondary N) is 1. The van der Waals surface area contributed by atoms with Crippen molar-refractivity contribution in [3.63, 3.8) is 0 Å². The van der Waals surface area contributed by atoms with Gasteiger partial charge in [0, 0.05) is 51.3 Å². The number of piperazine rings is 1. The van der Waals surface area contributed by atoms with Gasteiger partial charge in [-0.1, -0.05) is 97.7 Å². The molecule has 0 radical (unpaired) electrons. The number of carbonyl (C=O) groups is 1. The molecule has 5 aromatic rings. The number of tetrazole rings is 1. The maximum Gasteiger partial charge on any atom is 0.358 e. The maximum atomic E-state index is 13.5. The number of esters is 1. The third-order valence-electron chi connectivity index (χ3n) is 8.47. The van der Waals surface area contributed by atoms with E-state index in [1.54, 1.807) is 0 Å². The number of rotatable bonds is 12. The molecule has 3 aromatic carbocycles. The van der Waals surface area contributed by atoms with Crippen molar-refractivity contribution in [2.75, 3.05) is 33.2 Å². The summed E-state index contributed by atoms with van der Waals surface area (Å²) in [6.45, 7) is 7.99. The highest BCUT2D eigenvalue weighted by molar-refractivity contribution is 6.32. The number of H-pyrrole nitrogens is 1. The summed E-state index contributed by atoms with van der Waals surface area (Å²) in [5.74, 6) is 0.837. The molecule has 1 saturated heterocycles. The van der Waals surface area contributed by atoms with E-state index in [0.29, 0.717) is 18.8 Å². The molecule has 1 fully saturated rings. The van der Waals surface area contributed by atoms with Gasteiger partial charge in [0.05, 0.1) is 0 Å². The van der Waals surface area contributed by atoms with Crippen LogP contribution < -0.4 is 0 Å². The average molecular weight is 639 g/mol. The highest BCUT2D eigenvalue weighted by Gasteiger charge is 2.24. The Kier molecular flexibility index (Phi) is 10.2. The number of hydrogen-bond acceptors (Lipinski definition) is 8. The molecule has 0 saturated carbocycles. The second kappa shape index (κ2) is 14.8. The predicted molar refractivity (Wildman–Crippen MR) is 178 cm³/mol. The summed E-state index contributed by atoms with van der Waals surface area (Å²) >= 11 is 6.61. The third-order valence-corrected chi connectivity index (χ3v) is 8.73. The zero-order valence-electron chi connectivity index (χ0n) is 26.3. The van der Waals surface area contributed by atoms with E-state index < -0.39 is 5.97 Å². The Labute approximate surface area is 274 Å². The first-order valence-corrected chi connectivity index (χ1v) is 16.2. The minimum atomic E-state index is -0.479. The molecule has 1 aliphatic heterocycles. The third kappa shape index (κ3) is 7.52. The number of aromatic nitrogens is 6. The fourth-order valence-electron chi connectivity index (χ4n) is 5.76. The molecule has 10 nitrogen and oxygen atoms in total. The zero-order valence-corrected chi connectivity index (χ0v) is 27.1. The highest BCUT2D eigenvalue weighted by Crippen LogP contribution is 2.30. The number of nitrogens with zero attached hydrogens (tertiary/aromatic N) is 7. The maximum absolute atomic E-state index is 13.5. The minimum Gasteiger partial charge on any atom is -0.456 e. The second-order valence-corrected chi connectivity index (χ2v) is 12.2. The number of aromatic amines is 1. The van der Waals surface area contributed by atoms with Crippen molar-refractivity contribution in [3.8, 4) is 22.5 Å². The minimum absolute atomic E-state index is 0.161. The highest BCUT2D eigenvalue weighted by atomic mass is 35.5. The second-order valence-electron chi connectivity index (χ2n) is 11.8. The number of hydrogen-bond donors (Lipinski definition) is 1. The van der Waals surface area contributed by atoms with Gasteiger partial charge in [0.1, 0.15) is 12.4 Å². The van der Waals surface area contributed by atoms with Gasteiger partial charge in [-0.3, -0.25) is 4.90 Å². The van der Waals surface area contributed by atoms with E-state index in [1.165, 1.54) is 5.56 Å². The molecular formula is C35H39ClN8O2. The van der Waals surface area contributed by atoms with Crippen molar-refractivity contribution >= 4 is 17.6 Å². The number of aryl methyl sites for hydroxylation is 1. The van der Waals surface area contributed by atoms with Gasteiger partial charge < -0.3 is 14.2 Å². The predicted octanol–water partition coefficient (Wildman–Crippen LogP) is 5.88. The van der Waals surface area contributed by atoms with Crippen molar-refractivity contribution in [2.24, 2.45) is 0 Å². The average Bonchev–Trinajstić information content (AvgIpc) is 3.73. The molecule has 0 bridgehead atoms. The molecule has 1 N–H and O–H groups in total. The van der Waals surface area contributed by atoms with Crippen LogP contribution in [0.5, 0.6) is 0 Å². The fourth-order valence-corrected chi connectivity index (χ4v) is 6.03. The molecule has 0 amide bonds. The first-order chi connectivity index (χ1) is 22.5. The van der Waals surface area contributed by atoms with E-state index in [2.05, 4.69) is 85.8 Å². The molecule has 46 heavy (non-hydrogen) atoms. The van der Waals surface area contributed by atoms with Crippen molar-refractivity contribution in [2.45, 2.75) is 45.9 Å². The number of halogens is 1. The van der Waals surface area contributed by atoms with Crippen LogP contribution in [0.15, 0.2) is 72.8 Å². The van der Waals surface area contributed by atoms with Crippen LogP contribution in [0.1, 0.15) is 52.8 Å². The van der Waals surface area contributed by atoms with Crippen LogP contribution in [-0.2, 0) is 30.9 Å². The molecule has 11 heteroatoms. The van der Waals surface area contributed by atoms with E-state index >= 15 is 0 Å². The summed E-state index contributed by atoms with van der Waals surface area (Å²) < 4.78 is 7.70. The van der Waals surface area contributed by atoms with E-state index in [4.69, 9.17) is 16.3 Å². The zero-order chi connectivity index (χ0) is 31.9. The van der Waals surface area contributed by atoms with Gasteiger partial charge >= 0.3 is 5.97 Å². The SMILES string of the molecule is CCCCc1nc(Cl)c(C(=O)OCc2ccc(CN3CCN(C)CC3)cc2)n1Cc1ccc(-c2ccccc2-c2nn[nH]n2)cc1. The molecule has 3 heterocycles. The van der Waals surface area contributed by atoms with Crippen LogP contribution in [0, 0.1) is 0 Å². The van der Waals surface area contributed by atoms with Crippen LogP contribution in [0.25, 0.3) is 22.5 Å². The number of benzene rings is 3. The number of ether oxygens (including phenoxy) is 1. The summed E-state index contributed by atoms with van der Waals surface area (Å²) in [5.41, 5.74) is 6.39. The van der Waals surface area contributed by atoms with Crippen LogP contribution >= 0.6 is 11.6 Å². The quantitative estimate of drug-likeness (QED) is 0.169. The van der Waals surface area contributed by atoms with Crippen LogP contribution in [-0.4, -0.2) is 79.2 Å². The summed E-state index contributed by atoms with van der Waals surface area (Å²) in [5, 5.41) is 14.7. The van der Waals surface area contributed by atoms with Crippen LogP contribution in [0.4, 0.5) is 0 Å². The van der Waals surface area contributed by atoms with E-state index in [0.717, 1.165) is 79.2 Å². The molecule has 6 rings (SSSR count). The number of carbonyl (C=O) groups excluding carboxylic acids is 1. The molecule has 1 aliphatic rings. The van der Waals surface area contributed by atoms with Gasteiger partial charge in [-0.2, -0.15) is 5.21 Å². The molecular weight excluding hydrogens is 600 g/mol. The lowest BCUT2D eigenvalue weighted by atomic mass is 9.98. The van der Waals surface area contributed by atoms with Gasteiger partial charge in [0.25, 0.3) is 0 Å².